The number of benzene rings is 3. The number of fused-ring (bicyclic) bond motifs is 1. The van der Waals surface area contributed by atoms with Crippen LogP contribution in [0.1, 0.15) is 43.9 Å². The molecule has 3 aromatic carbocycles. The van der Waals surface area contributed by atoms with E-state index in [-0.39, 0.29) is 0 Å². The van der Waals surface area contributed by atoms with E-state index in [1.807, 2.05) is 0 Å². The lowest BCUT2D eigenvalue weighted by molar-refractivity contribution is 0.649. The molecule has 0 fully saturated rings. The van der Waals surface area contributed by atoms with Gasteiger partial charge < -0.3 is 0 Å². The van der Waals surface area contributed by atoms with Gasteiger partial charge in [-0.15, -0.1) is 0 Å². The van der Waals surface area contributed by atoms with Gasteiger partial charge in [-0.2, -0.15) is 0 Å². The zero-order valence-electron chi connectivity index (χ0n) is 16.5. The van der Waals surface area contributed by atoms with E-state index in [1.54, 1.807) is 0 Å². The first-order valence-corrected chi connectivity index (χ1v) is 10.0. The molecule has 0 spiro atoms. The van der Waals surface area contributed by atoms with E-state index >= 15 is 0 Å². The highest BCUT2D eigenvalue weighted by Crippen LogP contribution is 2.42. The smallest absolute Gasteiger partial charge is 0.0164 e. The van der Waals surface area contributed by atoms with Gasteiger partial charge in [-0.1, -0.05) is 99.2 Å². The molecule has 0 heteroatoms. The largest absolute Gasteiger partial charge is 0.0625 e. The van der Waals surface area contributed by atoms with Crippen LogP contribution in [0.2, 0.25) is 0 Å². The predicted molar refractivity (Wildman–Crippen MR) is 118 cm³/mol. The van der Waals surface area contributed by atoms with E-state index < -0.39 is 0 Å². The van der Waals surface area contributed by atoms with Crippen molar-refractivity contribution in [1.82, 2.24) is 0 Å². The molecule has 0 unspecified atom stereocenters. The topological polar surface area (TPSA) is 0 Å². The molecule has 1 aliphatic rings. The quantitative estimate of drug-likeness (QED) is 0.444. The summed E-state index contributed by atoms with van der Waals surface area (Å²) < 4.78 is 0. The summed E-state index contributed by atoms with van der Waals surface area (Å²) in [6.07, 6.45) is 6.98. The van der Waals surface area contributed by atoms with Gasteiger partial charge in [-0.25, -0.2) is 0 Å². The van der Waals surface area contributed by atoms with Crippen molar-refractivity contribution in [3.8, 4) is 22.3 Å². The van der Waals surface area contributed by atoms with E-state index in [9.17, 15) is 0 Å². The highest BCUT2D eigenvalue weighted by Gasteiger charge is 2.21. The molecule has 0 nitrogen and oxygen atoms in total. The molecule has 0 heterocycles. The number of rotatable bonds is 5. The summed E-state index contributed by atoms with van der Waals surface area (Å²) in [4.78, 5) is 0. The van der Waals surface area contributed by atoms with Gasteiger partial charge in [0.25, 0.3) is 0 Å². The molecule has 135 valence electrons. The molecule has 0 aromatic heterocycles. The Bertz CT molecular complexity index is 974. The number of hydrogen-bond donors (Lipinski definition) is 0. The Morgan fingerprint density at radius 3 is 2.19 bits per heavy atom. The molecule has 3 aromatic rings. The fourth-order valence-corrected chi connectivity index (χ4v) is 4.16. The van der Waals surface area contributed by atoms with Gasteiger partial charge in [0, 0.05) is 6.42 Å². The Hall–Kier alpha value is -2.60. The maximum Gasteiger partial charge on any atom is 0.0164 e. The van der Waals surface area contributed by atoms with Gasteiger partial charge in [0.1, 0.15) is 0 Å². The minimum Gasteiger partial charge on any atom is -0.0625 e. The second kappa shape index (κ2) is 7.56. The van der Waals surface area contributed by atoms with Gasteiger partial charge in [-0.05, 0) is 57.7 Å². The van der Waals surface area contributed by atoms with E-state index in [0.29, 0.717) is 5.92 Å². The molecule has 27 heavy (non-hydrogen) atoms. The molecule has 0 saturated heterocycles. The van der Waals surface area contributed by atoms with Crippen LogP contribution >= 0.6 is 0 Å². The van der Waals surface area contributed by atoms with Crippen molar-refractivity contribution >= 4 is 6.08 Å². The SMILES string of the molecule is CCc1ccc2c(c1-c1ccccc1-c1ccccc1)C=C(CC(C)C)[CH]2. The van der Waals surface area contributed by atoms with Crippen molar-refractivity contribution in [3.05, 3.63) is 95.4 Å². The van der Waals surface area contributed by atoms with Crippen molar-refractivity contribution in [3.63, 3.8) is 0 Å². The molecule has 1 aliphatic carbocycles. The summed E-state index contributed by atoms with van der Waals surface area (Å²) in [5, 5.41) is 0. The average Bonchev–Trinajstić information content (AvgIpc) is 3.09. The Morgan fingerprint density at radius 1 is 0.778 bits per heavy atom. The number of hydrogen-bond acceptors (Lipinski definition) is 0. The Balaban J connectivity index is 1.92. The normalized spacial score (nSPS) is 13.0. The molecule has 0 aliphatic heterocycles. The highest BCUT2D eigenvalue weighted by molar-refractivity contribution is 5.92. The second-order valence-electron chi connectivity index (χ2n) is 7.83. The van der Waals surface area contributed by atoms with Crippen LogP contribution < -0.4 is 0 Å². The van der Waals surface area contributed by atoms with Crippen LogP contribution in [0.3, 0.4) is 0 Å². The average molecular weight is 352 g/mol. The van der Waals surface area contributed by atoms with Gasteiger partial charge in [0.2, 0.25) is 0 Å². The van der Waals surface area contributed by atoms with Crippen LogP contribution in [0.5, 0.6) is 0 Å². The van der Waals surface area contributed by atoms with Crippen LogP contribution in [0.15, 0.2) is 72.3 Å². The summed E-state index contributed by atoms with van der Waals surface area (Å²) in [6.45, 7) is 6.84. The van der Waals surface area contributed by atoms with Crippen LogP contribution in [0.4, 0.5) is 0 Å². The van der Waals surface area contributed by atoms with Crippen molar-refractivity contribution in [2.75, 3.05) is 0 Å². The summed E-state index contributed by atoms with van der Waals surface area (Å²) in [5.41, 5.74) is 11.0. The first kappa shape index (κ1) is 17.8. The Morgan fingerprint density at radius 2 is 1.48 bits per heavy atom. The van der Waals surface area contributed by atoms with Gasteiger partial charge in [0.15, 0.2) is 0 Å². The number of allylic oxidation sites excluding steroid dienone is 1. The summed E-state index contributed by atoms with van der Waals surface area (Å²) >= 11 is 0. The minimum atomic E-state index is 0.674. The van der Waals surface area contributed by atoms with E-state index in [4.69, 9.17) is 0 Å². The van der Waals surface area contributed by atoms with Crippen LogP contribution in [-0.2, 0) is 6.42 Å². The second-order valence-corrected chi connectivity index (χ2v) is 7.83. The predicted octanol–water partition coefficient (Wildman–Crippen LogP) is 7.58. The van der Waals surface area contributed by atoms with Gasteiger partial charge in [-0.3, -0.25) is 0 Å². The third-order valence-corrected chi connectivity index (χ3v) is 5.34. The molecule has 0 bridgehead atoms. The Kier molecular flexibility index (Phi) is 4.99. The van der Waals surface area contributed by atoms with Crippen LogP contribution in [0.25, 0.3) is 28.3 Å². The molecule has 4 rings (SSSR count). The van der Waals surface area contributed by atoms with E-state index in [1.165, 1.54) is 44.5 Å². The fourth-order valence-electron chi connectivity index (χ4n) is 4.16. The monoisotopic (exact) mass is 351 g/mol. The van der Waals surface area contributed by atoms with Crippen molar-refractivity contribution in [2.24, 2.45) is 5.92 Å². The minimum absolute atomic E-state index is 0.674. The first-order valence-electron chi connectivity index (χ1n) is 10.0. The first-order chi connectivity index (χ1) is 13.2. The zero-order valence-corrected chi connectivity index (χ0v) is 16.5. The van der Waals surface area contributed by atoms with E-state index in [0.717, 1.165) is 12.8 Å². The van der Waals surface area contributed by atoms with Crippen molar-refractivity contribution < 1.29 is 0 Å². The van der Waals surface area contributed by atoms with Gasteiger partial charge >= 0.3 is 0 Å². The molecule has 0 saturated carbocycles. The molecular weight excluding hydrogens is 324 g/mol. The molecule has 1 radical (unpaired) electrons. The third kappa shape index (κ3) is 3.49. The van der Waals surface area contributed by atoms with Crippen molar-refractivity contribution in [2.45, 2.75) is 33.6 Å². The fraction of sp³-hybridized carbons (Fsp3) is 0.222. The lowest BCUT2D eigenvalue weighted by Crippen LogP contribution is -1.96. The molecule has 0 atom stereocenters. The van der Waals surface area contributed by atoms with Crippen LogP contribution in [0, 0.1) is 12.3 Å². The molecular formula is C27H27. The zero-order chi connectivity index (χ0) is 18.8. The summed E-state index contributed by atoms with van der Waals surface area (Å²) in [6, 6.07) is 24.2. The van der Waals surface area contributed by atoms with Crippen LogP contribution in [-0.4, -0.2) is 0 Å². The van der Waals surface area contributed by atoms with E-state index in [2.05, 4.69) is 100.0 Å². The highest BCUT2D eigenvalue weighted by atomic mass is 14.2. The lowest BCUT2D eigenvalue weighted by atomic mass is 9.87. The maximum absolute atomic E-state index is 2.42. The Labute approximate surface area is 163 Å². The standard InChI is InChI=1S/C27H27/c1-4-21-14-15-23-17-20(16-19(2)3)18-26(23)27(21)25-13-9-8-12-24(25)22-10-6-5-7-11-22/h5-15,17-19H,4,16H2,1-3H3. The summed E-state index contributed by atoms with van der Waals surface area (Å²) in [5.74, 6) is 0.674. The lowest BCUT2D eigenvalue weighted by Gasteiger charge is -2.17. The molecule has 0 amide bonds. The molecule has 0 N–H and O–H groups in total. The maximum atomic E-state index is 2.42. The van der Waals surface area contributed by atoms with Crippen molar-refractivity contribution in [1.29, 1.82) is 0 Å². The summed E-state index contributed by atoms with van der Waals surface area (Å²) in [7, 11) is 0. The van der Waals surface area contributed by atoms with Gasteiger partial charge in [0.05, 0.1) is 0 Å². The third-order valence-electron chi connectivity index (χ3n) is 5.34. The number of aryl methyl sites for hydroxylation is 1.